The molecule has 21 heavy (non-hydrogen) atoms. The Hall–Kier alpha value is -2.06. The van der Waals surface area contributed by atoms with Crippen molar-refractivity contribution in [3.63, 3.8) is 0 Å². The third-order valence-corrected chi connectivity index (χ3v) is 3.55. The van der Waals surface area contributed by atoms with Crippen molar-refractivity contribution in [1.82, 2.24) is 25.2 Å². The van der Waals surface area contributed by atoms with Gasteiger partial charge in [-0.1, -0.05) is 17.3 Å². The first kappa shape index (κ1) is 13.9. The number of halogens is 1. The molecule has 2 N–H and O–H groups in total. The molecule has 8 heteroatoms. The summed E-state index contributed by atoms with van der Waals surface area (Å²) in [5.74, 6) is 0.949. The Balaban J connectivity index is 1.77. The fourth-order valence-corrected chi connectivity index (χ4v) is 2.33. The second kappa shape index (κ2) is 6.15. The largest absolute Gasteiger partial charge is 0.419 e. The van der Waals surface area contributed by atoms with Gasteiger partial charge in [0.1, 0.15) is 6.54 Å². The monoisotopic (exact) mass is 348 g/mol. The van der Waals surface area contributed by atoms with Crippen LogP contribution in [-0.2, 0) is 13.0 Å². The molecule has 3 aromatic rings. The van der Waals surface area contributed by atoms with Gasteiger partial charge in [-0.3, -0.25) is 0 Å². The molecular formula is C13H13BrN6O. The van der Waals surface area contributed by atoms with E-state index in [2.05, 4.69) is 36.4 Å². The molecule has 0 radical (unpaired) electrons. The molecule has 0 aliphatic rings. The van der Waals surface area contributed by atoms with Gasteiger partial charge in [0, 0.05) is 17.1 Å². The molecule has 108 valence electrons. The van der Waals surface area contributed by atoms with Crippen molar-refractivity contribution in [2.24, 2.45) is 5.73 Å². The third kappa shape index (κ3) is 3.17. The van der Waals surface area contributed by atoms with Crippen LogP contribution < -0.4 is 5.73 Å². The molecule has 0 saturated carbocycles. The topological polar surface area (TPSA) is 95.7 Å². The standard InChI is InChI=1S/C13H13BrN6O/c14-11-4-2-1-3-10(11)13-18-17-12(21-13)8-20-7-9(5-6-15)16-19-20/h1-4,7H,5-6,8,15H2. The fraction of sp³-hybridized carbons (Fsp3) is 0.231. The van der Waals surface area contributed by atoms with Crippen LogP contribution in [0.5, 0.6) is 0 Å². The molecule has 0 unspecified atom stereocenters. The van der Waals surface area contributed by atoms with Crippen LogP contribution in [-0.4, -0.2) is 31.7 Å². The van der Waals surface area contributed by atoms with Crippen molar-refractivity contribution in [2.75, 3.05) is 6.54 Å². The predicted molar refractivity (Wildman–Crippen MR) is 79.3 cm³/mol. The first-order valence-corrected chi connectivity index (χ1v) is 7.22. The lowest BCUT2D eigenvalue weighted by atomic mass is 10.2. The molecule has 0 aliphatic carbocycles. The number of hydrogen-bond donors (Lipinski definition) is 1. The van der Waals surface area contributed by atoms with E-state index in [1.807, 2.05) is 30.5 Å². The molecule has 0 atom stereocenters. The summed E-state index contributed by atoms with van der Waals surface area (Å²) in [6, 6.07) is 7.69. The minimum atomic E-state index is 0.384. The van der Waals surface area contributed by atoms with Gasteiger partial charge in [-0.2, -0.15) is 0 Å². The maximum Gasteiger partial charge on any atom is 0.248 e. The van der Waals surface area contributed by atoms with E-state index in [9.17, 15) is 0 Å². The van der Waals surface area contributed by atoms with Gasteiger partial charge in [0.15, 0.2) is 0 Å². The Labute approximate surface area is 129 Å². The van der Waals surface area contributed by atoms with E-state index in [0.29, 0.717) is 31.3 Å². The lowest BCUT2D eigenvalue weighted by molar-refractivity contribution is 0.469. The predicted octanol–water partition coefficient (Wildman–Crippen LogP) is 1.64. The van der Waals surface area contributed by atoms with Gasteiger partial charge in [-0.15, -0.1) is 15.3 Å². The Kier molecular flexibility index (Phi) is 4.07. The summed E-state index contributed by atoms with van der Waals surface area (Å²) in [6.07, 6.45) is 2.53. The van der Waals surface area contributed by atoms with E-state index in [1.54, 1.807) is 4.68 Å². The SMILES string of the molecule is NCCc1cn(Cc2nnc(-c3ccccc3Br)o2)nn1. The summed E-state index contributed by atoms with van der Waals surface area (Å²) in [7, 11) is 0. The normalized spacial score (nSPS) is 11.0. The van der Waals surface area contributed by atoms with E-state index in [0.717, 1.165) is 15.7 Å². The summed E-state index contributed by atoms with van der Waals surface area (Å²) in [5.41, 5.74) is 7.19. The number of benzene rings is 1. The number of hydrogen-bond acceptors (Lipinski definition) is 6. The molecule has 1 aromatic carbocycles. The Bertz CT molecular complexity index is 738. The summed E-state index contributed by atoms with van der Waals surface area (Å²) in [6.45, 7) is 0.931. The van der Waals surface area contributed by atoms with Crippen LogP contribution in [0.3, 0.4) is 0 Å². The minimum absolute atomic E-state index is 0.384. The quantitative estimate of drug-likeness (QED) is 0.752. The van der Waals surface area contributed by atoms with Gasteiger partial charge in [-0.05, 0) is 34.6 Å². The number of aromatic nitrogens is 5. The molecule has 0 amide bonds. The van der Waals surface area contributed by atoms with E-state index in [-0.39, 0.29) is 0 Å². The summed E-state index contributed by atoms with van der Waals surface area (Å²) in [4.78, 5) is 0. The lowest BCUT2D eigenvalue weighted by Gasteiger charge is -1.97. The Morgan fingerprint density at radius 3 is 2.86 bits per heavy atom. The van der Waals surface area contributed by atoms with Crippen LogP contribution in [0.4, 0.5) is 0 Å². The molecule has 0 saturated heterocycles. The summed E-state index contributed by atoms with van der Waals surface area (Å²) in [5, 5.41) is 16.1. The zero-order chi connectivity index (χ0) is 14.7. The van der Waals surface area contributed by atoms with Crippen LogP contribution in [0.2, 0.25) is 0 Å². The smallest absolute Gasteiger partial charge is 0.248 e. The highest BCUT2D eigenvalue weighted by Crippen LogP contribution is 2.26. The second-order valence-electron chi connectivity index (χ2n) is 4.43. The highest BCUT2D eigenvalue weighted by atomic mass is 79.9. The van der Waals surface area contributed by atoms with Crippen LogP contribution in [0.25, 0.3) is 11.5 Å². The highest BCUT2D eigenvalue weighted by molar-refractivity contribution is 9.10. The molecule has 3 rings (SSSR count). The van der Waals surface area contributed by atoms with Gasteiger partial charge in [0.2, 0.25) is 11.8 Å². The Morgan fingerprint density at radius 2 is 2.05 bits per heavy atom. The third-order valence-electron chi connectivity index (χ3n) is 2.85. The van der Waals surface area contributed by atoms with E-state index in [1.165, 1.54) is 0 Å². The molecule has 7 nitrogen and oxygen atoms in total. The van der Waals surface area contributed by atoms with Crippen molar-refractivity contribution >= 4 is 15.9 Å². The number of nitrogens with two attached hydrogens (primary N) is 1. The van der Waals surface area contributed by atoms with Gasteiger partial charge < -0.3 is 10.2 Å². The molecule has 0 fully saturated rings. The summed E-state index contributed by atoms with van der Waals surface area (Å²) >= 11 is 3.46. The highest BCUT2D eigenvalue weighted by Gasteiger charge is 2.12. The second-order valence-corrected chi connectivity index (χ2v) is 5.28. The van der Waals surface area contributed by atoms with Gasteiger partial charge in [0.05, 0.1) is 11.3 Å². The van der Waals surface area contributed by atoms with Crippen molar-refractivity contribution in [1.29, 1.82) is 0 Å². The fourth-order valence-electron chi connectivity index (χ4n) is 1.88. The zero-order valence-electron chi connectivity index (χ0n) is 11.1. The van der Waals surface area contributed by atoms with Crippen LogP contribution in [0.15, 0.2) is 39.4 Å². The van der Waals surface area contributed by atoms with Crippen molar-refractivity contribution in [3.05, 3.63) is 46.5 Å². The van der Waals surface area contributed by atoms with Gasteiger partial charge in [-0.25, -0.2) is 4.68 Å². The number of rotatable bonds is 5. The van der Waals surface area contributed by atoms with Crippen molar-refractivity contribution < 1.29 is 4.42 Å². The molecule has 0 bridgehead atoms. The van der Waals surface area contributed by atoms with Crippen molar-refractivity contribution in [2.45, 2.75) is 13.0 Å². The van der Waals surface area contributed by atoms with E-state index >= 15 is 0 Å². The van der Waals surface area contributed by atoms with Gasteiger partial charge in [0.25, 0.3) is 0 Å². The maximum absolute atomic E-state index is 5.66. The summed E-state index contributed by atoms with van der Waals surface area (Å²) < 4.78 is 8.22. The molecular weight excluding hydrogens is 336 g/mol. The lowest BCUT2D eigenvalue weighted by Crippen LogP contribution is -2.03. The van der Waals surface area contributed by atoms with Crippen LogP contribution >= 0.6 is 15.9 Å². The van der Waals surface area contributed by atoms with E-state index in [4.69, 9.17) is 10.2 Å². The van der Waals surface area contributed by atoms with Crippen LogP contribution in [0.1, 0.15) is 11.6 Å². The molecule has 0 spiro atoms. The van der Waals surface area contributed by atoms with Gasteiger partial charge >= 0.3 is 0 Å². The average Bonchev–Trinajstić information content (AvgIpc) is 3.10. The maximum atomic E-state index is 5.66. The van der Waals surface area contributed by atoms with E-state index < -0.39 is 0 Å². The Morgan fingerprint density at radius 1 is 1.19 bits per heavy atom. The molecule has 0 aliphatic heterocycles. The average molecular weight is 349 g/mol. The number of nitrogens with zero attached hydrogens (tertiary/aromatic N) is 5. The zero-order valence-corrected chi connectivity index (χ0v) is 12.7. The minimum Gasteiger partial charge on any atom is -0.419 e. The first-order chi connectivity index (χ1) is 10.3. The molecule has 2 heterocycles. The van der Waals surface area contributed by atoms with Crippen molar-refractivity contribution in [3.8, 4) is 11.5 Å². The first-order valence-electron chi connectivity index (χ1n) is 6.42. The van der Waals surface area contributed by atoms with Crippen LogP contribution in [0, 0.1) is 0 Å². The molecule has 2 aromatic heterocycles.